The van der Waals surface area contributed by atoms with Crippen LogP contribution in [-0.4, -0.2) is 6.54 Å². The third-order valence-corrected chi connectivity index (χ3v) is 3.23. The van der Waals surface area contributed by atoms with Crippen LogP contribution in [0.5, 0.6) is 0 Å². The Bertz CT molecular complexity index is 319. The summed E-state index contributed by atoms with van der Waals surface area (Å²) in [6.07, 6.45) is 3.77. The molecule has 0 aliphatic carbocycles. The number of rotatable bonds is 1. The largest absolute Gasteiger partial charge is 0.398 e. The number of anilines is 1. The topological polar surface area (TPSA) is 38.0 Å². The van der Waals surface area contributed by atoms with Crippen LogP contribution in [0, 0.1) is 0 Å². The van der Waals surface area contributed by atoms with Gasteiger partial charge in [0, 0.05) is 16.2 Å². The summed E-state index contributed by atoms with van der Waals surface area (Å²) < 4.78 is 1.11. The first-order valence-corrected chi connectivity index (χ1v) is 5.85. The fourth-order valence-electron chi connectivity index (χ4n) is 1.96. The minimum atomic E-state index is 0.446. The maximum Gasteiger partial charge on any atom is 0.0363 e. The van der Waals surface area contributed by atoms with E-state index >= 15 is 0 Å². The van der Waals surface area contributed by atoms with E-state index in [1.165, 1.54) is 24.8 Å². The SMILES string of the molecule is Nc1ccc(Br)cc1C1CCCCN1. The minimum absolute atomic E-state index is 0.446. The minimum Gasteiger partial charge on any atom is -0.398 e. The van der Waals surface area contributed by atoms with Crippen LogP contribution in [0.1, 0.15) is 30.9 Å². The first-order valence-electron chi connectivity index (χ1n) is 5.05. The molecule has 2 nitrogen and oxygen atoms in total. The second-order valence-corrected chi connectivity index (χ2v) is 4.69. The quantitative estimate of drug-likeness (QED) is 0.757. The Morgan fingerprint density at radius 2 is 2.21 bits per heavy atom. The predicted octanol–water partition coefficient (Wildman–Crippen LogP) is 2.85. The summed E-state index contributed by atoms with van der Waals surface area (Å²) in [6.45, 7) is 1.11. The van der Waals surface area contributed by atoms with Crippen LogP contribution in [0.15, 0.2) is 22.7 Å². The number of nitrogens with two attached hydrogens (primary N) is 1. The van der Waals surface area contributed by atoms with Gasteiger partial charge in [0.1, 0.15) is 0 Å². The zero-order valence-electron chi connectivity index (χ0n) is 8.09. The number of piperidine rings is 1. The Kier molecular flexibility index (Phi) is 3.08. The maximum atomic E-state index is 5.96. The van der Waals surface area contributed by atoms with Crippen LogP contribution in [0.2, 0.25) is 0 Å². The molecule has 1 aromatic rings. The molecule has 1 aliphatic heterocycles. The number of halogens is 1. The van der Waals surface area contributed by atoms with Gasteiger partial charge in [-0.1, -0.05) is 22.4 Å². The fourth-order valence-corrected chi connectivity index (χ4v) is 2.34. The monoisotopic (exact) mass is 254 g/mol. The molecule has 1 heterocycles. The normalized spacial score (nSPS) is 22.2. The summed E-state index contributed by atoms with van der Waals surface area (Å²) in [4.78, 5) is 0. The van der Waals surface area contributed by atoms with Crippen molar-refractivity contribution < 1.29 is 0 Å². The molecule has 3 N–H and O–H groups in total. The van der Waals surface area contributed by atoms with Gasteiger partial charge in [-0.15, -0.1) is 0 Å². The molecule has 1 saturated heterocycles. The van der Waals surface area contributed by atoms with Crippen LogP contribution >= 0.6 is 15.9 Å². The summed E-state index contributed by atoms with van der Waals surface area (Å²) in [7, 11) is 0. The summed E-state index contributed by atoms with van der Waals surface area (Å²) in [5, 5.41) is 3.50. The van der Waals surface area contributed by atoms with Crippen molar-refractivity contribution in [2.45, 2.75) is 25.3 Å². The lowest BCUT2D eigenvalue weighted by Gasteiger charge is -2.25. The van der Waals surface area contributed by atoms with E-state index in [0.717, 1.165) is 16.7 Å². The molecule has 3 heteroatoms. The molecule has 0 aromatic heterocycles. The second-order valence-electron chi connectivity index (χ2n) is 3.78. The van der Waals surface area contributed by atoms with Crippen LogP contribution in [0.3, 0.4) is 0 Å². The first kappa shape index (κ1) is 9.99. The van der Waals surface area contributed by atoms with E-state index in [9.17, 15) is 0 Å². The first-order chi connectivity index (χ1) is 6.77. The molecule has 1 aromatic carbocycles. The van der Waals surface area contributed by atoms with Gasteiger partial charge < -0.3 is 11.1 Å². The molecule has 0 radical (unpaired) electrons. The zero-order valence-corrected chi connectivity index (χ0v) is 9.68. The van der Waals surface area contributed by atoms with Crippen molar-refractivity contribution in [3.05, 3.63) is 28.2 Å². The Hall–Kier alpha value is -0.540. The maximum absolute atomic E-state index is 5.96. The van der Waals surface area contributed by atoms with Gasteiger partial charge in [-0.2, -0.15) is 0 Å². The lowest BCUT2D eigenvalue weighted by molar-refractivity contribution is 0.413. The van der Waals surface area contributed by atoms with Crippen molar-refractivity contribution in [2.24, 2.45) is 0 Å². The molecule has 0 amide bonds. The van der Waals surface area contributed by atoms with Gasteiger partial charge in [-0.3, -0.25) is 0 Å². The van der Waals surface area contributed by atoms with E-state index in [0.29, 0.717) is 6.04 Å². The Balaban J connectivity index is 2.24. The Labute approximate surface area is 93.0 Å². The smallest absolute Gasteiger partial charge is 0.0363 e. The van der Waals surface area contributed by atoms with Gasteiger partial charge in [0.05, 0.1) is 0 Å². The van der Waals surface area contributed by atoms with E-state index in [1.807, 2.05) is 12.1 Å². The third kappa shape index (κ3) is 2.10. The average Bonchev–Trinajstić information content (AvgIpc) is 2.23. The number of nitrogens with one attached hydrogen (secondary N) is 1. The zero-order chi connectivity index (χ0) is 9.97. The van der Waals surface area contributed by atoms with Gasteiger partial charge in [0.15, 0.2) is 0 Å². The molecular weight excluding hydrogens is 240 g/mol. The molecule has 0 spiro atoms. The molecule has 2 rings (SSSR count). The number of benzene rings is 1. The highest BCUT2D eigenvalue weighted by atomic mass is 79.9. The molecule has 76 valence electrons. The van der Waals surface area contributed by atoms with Gasteiger partial charge in [0.25, 0.3) is 0 Å². The third-order valence-electron chi connectivity index (χ3n) is 2.73. The van der Waals surface area contributed by atoms with Crippen molar-refractivity contribution in [3.63, 3.8) is 0 Å². The van der Waals surface area contributed by atoms with E-state index in [2.05, 4.69) is 27.3 Å². The lowest BCUT2D eigenvalue weighted by atomic mass is 9.96. The average molecular weight is 255 g/mol. The van der Waals surface area contributed by atoms with Crippen molar-refractivity contribution in [1.82, 2.24) is 5.32 Å². The van der Waals surface area contributed by atoms with Crippen LogP contribution in [0.4, 0.5) is 5.69 Å². The summed E-state index contributed by atoms with van der Waals surface area (Å²) in [6, 6.07) is 6.52. The Morgan fingerprint density at radius 3 is 2.93 bits per heavy atom. The summed E-state index contributed by atoms with van der Waals surface area (Å²) in [5.41, 5.74) is 8.09. The van der Waals surface area contributed by atoms with Gasteiger partial charge >= 0.3 is 0 Å². The van der Waals surface area contributed by atoms with E-state index in [-0.39, 0.29) is 0 Å². The highest BCUT2D eigenvalue weighted by Gasteiger charge is 2.16. The van der Waals surface area contributed by atoms with Gasteiger partial charge in [0.2, 0.25) is 0 Å². The molecule has 1 fully saturated rings. The van der Waals surface area contributed by atoms with Crippen molar-refractivity contribution in [3.8, 4) is 0 Å². The molecular formula is C11H15BrN2. The Morgan fingerprint density at radius 1 is 1.36 bits per heavy atom. The molecule has 0 bridgehead atoms. The molecule has 0 saturated carbocycles. The highest BCUT2D eigenvalue weighted by Crippen LogP contribution is 2.29. The predicted molar refractivity (Wildman–Crippen MR) is 63.1 cm³/mol. The van der Waals surface area contributed by atoms with Gasteiger partial charge in [-0.25, -0.2) is 0 Å². The van der Waals surface area contributed by atoms with Crippen LogP contribution < -0.4 is 11.1 Å². The molecule has 1 unspecified atom stereocenters. The van der Waals surface area contributed by atoms with Gasteiger partial charge in [-0.05, 0) is 43.1 Å². The number of hydrogen-bond acceptors (Lipinski definition) is 2. The van der Waals surface area contributed by atoms with E-state index in [4.69, 9.17) is 5.73 Å². The van der Waals surface area contributed by atoms with Crippen molar-refractivity contribution in [1.29, 1.82) is 0 Å². The fraction of sp³-hybridized carbons (Fsp3) is 0.455. The molecule has 14 heavy (non-hydrogen) atoms. The van der Waals surface area contributed by atoms with Crippen LogP contribution in [0.25, 0.3) is 0 Å². The molecule has 1 aliphatic rings. The highest BCUT2D eigenvalue weighted by molar-refractivity contribution is 9.10. The molecule has 1 atom stereocenters. The standard InChI is InChI=1S/C11H15BrN2/c12-8-4-5-10(13)9(7-8)11-3-1-2-6-14-11/h4-5,7,11,14H,1-3,6,13H2. The number of hydrogen-bond donors (Lipinski definition) is 2. The second kappa shape index (κ2) is 4.32. The summed E-state index contributed by atoms with van der Waals surface area (Å²) >= 11 is 3.48. The van der Waals surface area contributed by atoms with Crippen LogP contribution in [-0.2, 0) is 0 Å². The van der Waals surface area contributed by atoms with E-state index < -0.39 is 0 Å². The van der Waals surface area contributed by atoms with Crippen molar-refractivity contribution in [2.75, 3.05) is 12.3 Å². The number of nitrogen functional groups attached to an aromatic ring is 1. The summed E-state index contributed by atoms with van der Waals surface area (Å²) in [5.74, 6) is 0. The van der Waals surface area contributed by atoms with Crippen molar-refractivity contribution >= 4 is 21.6 Å². The van der Waals surface area contributed by atoms with E-state index in [1.54, 1.807) is 0 Å². The lowest BCUT2D eigenvalue weighted by Crippen LogP contribution is -2.27.